The van der Waals surface area contributed by atoms with Crippen LogP contribution in [0.25, 0.3) is 0 Å². The lowest BCUT2D eigenvalue weighted by molar-refractivity contribution is 0.416. The summed E-state index contributed by atoms with van der Waals surface area (Å²) < 4.78 is 30.7. The Bertz CT molecular complexity index is 474. The van der Waals surface area contributed by atoms with Crippen LogP contribution in [0.4, 0.5) is 5.69 Å². The van der Waals surface area contributed by atoms with E-state index in [2.05, 4.69) is 5.32 Å². The molecule has 1 aromatic rings. The molecule has 0 amide bonds. The lowest BCUT2D eigenvalue weighted by Crippen LogP contribution is -2.30. The molecule has 0 heterocycles. The van der Waals surface area contributed by atoms with Gasteiger partial charge in [0.25, 0.3) is 0 Å². The molecule has 1 rings (SSSR count). The van der Waals surface area contributed by atoms with E-state index in [4.69, 9.17) is 4.74 Å². The van der Waals surface area contributed by atoms with Gasteiger partial charge in [0.1, 0.15) is 5.75 Å². The van der Waals surface area contributed by atoms with Gasteiger partial charge in [-0.05, 0) is 32.1 Å². The summed E-state index contributed by atoms with van der Waals surface area (Å²) in [6.45, 7) is 0.680. The molecule has 0 aliphatic heterocycles. The number of nitrogens with zero attached hydrogens (tertiary/aromatic N) is 1. The molecule has 0 atom stereocenters. The summed E-state index contributed by atoms with van der Waals surface area (Å²) in [6, 6.07) is 7.07. The monoisotopic (exact) mass is 272 g/mol. The van der Waals surface area contributed by atoms with Crippen LogP contribution in [0, 0.1) is 0 Å². The molecule has 6 heteroatoms. The quantitative estimate of drug-likeness (QED) is 0.754. The number of rotatable bonds is 7. The number of ether oxygens (including phenoxy) is 1. The Labute approximate surface area is 109 Å². The summed E-state index contributed by atoms with van der Waals surface area (Å²) in [5, 5.41) is 2.93. The van der Waals surface area contributed by atoms with Crippen molar-refractivity contribution in [3.8, 4) is 5.75 Å². The van der Waals surface area contributed by atoms with E-state index in [1.54, 1.807) is 32.3 Å². The molecule has 0 aliphatic rings. The van der Waals surface area contributed by atoms with Crippen molar-refractivity contribution >= 4 is 15.7 Å². The van der Waals surface area contributed by atoms with Gasteiger partial charge in [0.15, 0.2) is 0 Å². The third kappa shape index (κ3) is 3.61. The molecule has 0 saturated heterocycles. The van der Waals surface area contributed by atoms with Crippen molar-refractivity contribution in [3.05, 3.63) is 24.3 Å². The van der Waals surface area contributed by atoms with Crippen LogP contribution in [-0.4, -0.2) is 41.9 Å². The van der Waals surface area contributed by atoms with Gasteiger partial charge in [0, 0.05) is 7.05 Å². The van der Waals surface area contributed by atoms with Gasteiger partial charge in [-0.15, -0.1) is 0 Å². The number of benzene rings is 1. The van der Waals surface area contributed by atoms with Gasteiger partial charge in [-0.25, -0.2) is 8.42 Å². The molecule has 0 aromatic heterocycles. The highest BCUT2D eigenvalue weighted by Gasteiger charge is 2.20. The van der Waals surface area contributed by atoms with Gasteiger partial charge in [-0.3, -0.25) is 4.31 Å². The second-order valence-electron chi connectivity index (χ2n) is 3.91. The van der Waals surface area contributed by atoms with E-state index in [0.717, 1.165) is 0 Å². The second kappa shape index (κ2) is 6.61. The number of anilines is 1. The standard InChI is InChI=1S/C12H20N2O3S/c1-13-9-6-10-18(15,16)14(2)11-7-4-5-8-12(11)17-3/h4-5,7-8,13H,6,9-10H2,1-3H3. The normalized spacial score (nSPS) is 11.3. The highest BCUT2D eigenvalue weighted by Crippen LogP contribution is 2.28. The van der Waals surface area contributed by atoms with Crippen LogP contribution in [0.1, 0.15) is 6.42 Å². The first-order valence-corrected chi connectivity index (χ1v) is 7.38. The molecular weight excluding hydrogens is 252 g/mol. The highest BCUT2D eigenvalue weighted by molar-refractivity contribution is 7.92. The maximum Gasteiger partial charge on any atom is 0.235 e. The minimum atomic E-state index is -3.30. The van der Waals surface area contributed by atoms with Crippen molar-refractivity contribution in [1.29, 1.82) is 0 Å². The number of nitrogens with one attached hydrogen (secondary N) is 1. The molecule has 0 aliphatic carbocycles. The molecule has 0 fully saturated rings. The molecule has 102 valence electrons. The van der Waals surface area contributed by atoms with Crippen molar-refractivity contribution in [2.24, 2.45) is 0 Å². The third-order valence-corrected chi connectivity index (χ3v) is 4.51. The first-order chi connectivity index (χ1) is 8.53. The number of sulfonamides is 1. The molecule has 18 heavy (non-hydrogen) atoms. The van der Waals surface area contributed by atoms with Crippen LogP contribution in [-0.2, 0) is 10.0 Å². The summed E-state index contributed by atoms with van der Waals surface area (Å²) in [6.07, 6.45) is 0.582. The number of para-hydroxylation sites is 2. The summed E-state index contributed by atoms with van der Waals surface area (Å²) >= 11 is 0. The Hall–Kier alpha value is -1.27. The van der Waals surface area contributed by atoms with E-state index in [-0.39, 0.29) is 5.75 Å². The Morgan fingerprint density at radius 1 is 1.33 bits per heavy atom. The van der Waals surface area contributed by atoms with Crippen molar-refractivity contribution in [2.75, 3.05) is 37.8 Å². The van der Waals surface area contributed by atoms with E-state index < -0.39 is 10.0 Å². The molecule has 1 N–H and O–H groups in total. The molecular formula is C12H20N2O3S. The van der Waals surface area contributed by atoms with E-state index in [1.165, 1.54) is 11.4 Å². The Morgan fingerprint density at radius 2 is 2.00 bits per heavy atom. The summed E-state index contributed by atoms with van der Waals surface area (Å²) in [5.74, 6) is 0.666. The minimum Gasteiger partial charge on any atom is -0.495 e. The molecule has 5 nitrogen and oxygen atoms in total. The fraction of sp³-hybridized carbons (Fsp3) is 0.500. The maximum atomic E-state index is 12.1. The number of methoxy groups -OCH3 is 1. The second-order valence-corrected chi connectivity index (χ2v) is 6.03. The SMILES string of the molecule is CNCCCS(=O)(=O)N(C)c1ccccc1OC. The van der Waals surface area contributed by atoms with Crippen molar-refractivity contribution in [3.63, 3.8) is 0 Å². The average Bonchev–Trinajstić information content (AvgIpc) is 2.38. The fourth-order valence-electron chi connectivity index (χ4n) is 1.61. The topological polar surface area (TPSA) is 58.6 Å². The van der Waals surface area contributed by atoms with Gasteiger partial charge in [0.2, 0.25) is 10.0 Å². The fourth-order valence-corrected chi connectivity index (χ4v) is 2.84. The largest absolute Gasteiger partial charge is 0.495 e. The molecule has 0 spiro atoms. The highest BCUT2D eigenvalue weighted by atomic mass is 32.2. The molecule has 0 radical (unpaired) electrons. The van der Waals surface area contributed by atoms with E-state index in [0.29, 0.717) is 24.4 Å². The van der Waals surface area contributed by atoms with E-state index in [9.17, 15) is 8.42 Å². The first kappa shape index (κ1) is 14.8. The predicted octanol–water partition coefficient (Wildman–Crippen LogP) is 1.07. The van der Waals surface area contributed by atoms with E-state index >= 15 is 0 Å². The van der Waals surface area contributed by atoms with Gasteiger partial charge in [-0.2, -0.15) is 0 Å². The summed E-state index contributed by atoms with van der Waals surface area (Å²) in [4.78, 5) is 0. The number of hydrogen-bond acceptors (Lipinski definition) is 4. The minimum absolute atomic E-state index is 0.113. The maximum absolute atomic E-state index is 12.1. The Morgan fingerprint density at radius 3 is 2.61 bits per heavy atom. The smallest absolute Gasteiger partial charge is 0.235 e. The summed E-state index contributed by atoms with van der Waals surface area (Å²) in [5.41, 5.74) is 0.560. The molecule has 0 unspecified atom stereocenters. The van der Waals surface area contributed by atoms with Crippen LogP contribution in [0.3, 0.4) is 0 Å². The lowest BCUT2D eigenvalue weighted by atomic mass is 10.3. The average molecular weight is 272 g/mol. The molecule has 0 bridgehead atoms. The zero-order valence-corrected chi connectivity index (χ0v) is 11.8. The Balaban J connectivity index is 2.88. The third-order valence-electron chi connectivity index (χ3n) is 2.67. The van der Waals surface area contributed by atoms with Crippen LogP contribution < -0.4 is 14.4 Å². The predicted molar refractivity (Wildman–Crippen MR) is 73.7 cm³/mol. The van der Waals surface area contributed by atoms with Crippen molar-refractivity contribution in [2.45, 2.75) is 6.42 Å². The van der Waals surface area contributed by atoms with E-state index in [1.807, 2.05) is 6.07 Å². The lowest BCUT2D eigenvalue weighted by Gasteiger charge is -2.21. The van der Waals surface area contributed by atoms with Crippen LogP contribution in [0.15, 0.2) is 24.3 Å². The molecule has 1 aromatic carbocycles. The van der Waals surface area contributed by atoms with Gasteiger partial charge < -0.3 is 10.1 Å². The van der Waals surface area contributed by atoms with Crippen LogP contribution in [0.2, 0.25) is 0 Å². The zero-order valence-electron chi connectivity index (χ0n) is 11.0. The first-order valence-electron chi connectivity index (χ1n) is 5.77. The van der Waals surface area contributed by atoms with Crippen LogP contribution >= 0.6 is 0 Å². The Kier molecular flexibility index (Phi) is 5.43. The van der Waals surface area contributed by atoms with Gasteiger partial charge >= 0.3 is 0 Å². The summed E-state index contributed by atoms with van der Waals surface area (Å²) in [7, 11) is 1.57. The molecule has 0 saturated carbocycles. The van der Waals surface area contributed by atoms with Gasteiger partial charge in [-0.1, -0.05) is 12.1 Å². The van der Waals surface area contributed by atoms with Crippen molar-refractivity contribution < 1.29 is 13.2 Å². The zero-order chi connectivity index (χ0) is 13.6. The van der Waals surface area contributed by atoms with Gasteiger partial charge in [0.05, 0.1) is 18.6 Å². The number of hydrogen-bond donors (Lipinski definition) is 1. The van der Waals surface area contributed by atoms with Crippen molar-refractivity contribution in [1.82, 2.24) is 5.32 Å². The van der Waals surface area contributed by atoms with Crippen LogP contribution in [0.5, 0.6) is 5.75 Å².